The third-order valence-corrected chi connectivity index (χ3v) is 3.22. The number of rotatable bonds is 4. The molecule has 0 radical (unpaired) electrons. The lowest BCUT2D eigenvalue weighted by molar-refractivity contribution is 0.284. The van der Waals surface area contributed by atoms with Crippen molar-refractivity contribution in [2.24, 2.45) is 10.6 Å². The van der Waals surface area contributed by atoms with Crippen LogP contribution in [0.4, 0.5) is 0 Å². The summed E-state index contributed by atoms with van der Waals surface area (Å²) in [5.41, 5.74) is 2.53. The molecule has 3 nitrogen and oxygen atoms in total. The van der Waals surface area contributed by atoms with Crippen molar-refractivity contribution in [1.29, 1.82) is 0 Å². The van der Waals surface area contributed by atoms with Crippen LogP contribution in [-0.2, 0) is 5.41 Å². The van der Waals surface area contributed by atoms with E-state index in [2.05, 4.69) is 45.8 Å². The molecule has 1 rings (SSSR count). The Morgan fingerprint density at radius 3 is 2.26 bits per heavy atom. The largest absolute Gasteiger partial charge is 0.411 e. The molecule has 0 heterocycles. The highest BCUT2D eigenvalue weighted by atomic mass is 16.4. The van der Waals surface area contributed by atoms with Gasteiger partial charge in [-0.15, -0.1) is 0 Å². The van der Waals surface area contributed by atoms with Gasteiger partial charge >= 0.3 is 0 Å². The molecular formula is C16H25NO2. The van der Waals surface area contributed by atoms with Gasteiger partial charge in [0.2, 0.25) is 0 Å². The summed E-state index contributed by atoms with van der Waals surface area (Å²) in [5, 5.41) is 21.2. The minimum atomic E-state index is -0.264. The lowest BCUT2D eigenvalue weighted by atomic mass is 9.72. The van der Waals surface area contributed by atoms with E-state index in [1.165, 1.54) is 5.56 Å². The molecule has 1 aromatic carbocycles. The molecule has 0 unspecified atom stereocenters. The Labute approximate surface area is 116 Å². The zero-order valence-corrected chi connectivity index (χ0v) is 12.6. The van der Waals surface area contributed by atoms with Crippen molar-refractivity contribution >= 4 is 5.71 Å². The molecule has 19 heavy (non-hydrogen) atoms. The minimum absolute atomic E-state index is 0.0320. The molecule has 0 spiro atoms. The number of nitrogens with zero attached hydrogens (tertiary/aromatic N) is 1. The van der Waals surface area contributed by atoms with Crippen molar-refractivity contribution in [3.8, 4) is 0 Å². The molecule has 3 heteroatoms. The van der Waals surface area contributed by atoms with Gasteiger partial charge < -0.3 is 10.3 Å². The number of benzene rings is 1. The van der Waals surface area contributed by atoms with Crippen molar-refractivity contribution in [3.05, 3.63) is 35.4 Å². The first-order chi connectivity index (χ1) is 8.69. The molecule has 0 aliphatic rings. The van der Waals surface area contributed by atoms with Crippen LogP contribution in [0.2, 0.25) is 0 Å². The minimum Gasteiger partial charge on any atom is -0.411 e. The predicted octanol–water partition coefficient (Wildman–Crippen LogP) is 3.57. The second-order valence-electron chi connectivity index (χ2n) is 6.91. The van der Waals surface area contributed by atoms with Crippen molar-refractivity contribution in [2.75, 3.05) is 6.61 Å². The molecule has 0 bridgehead atoms. The van der Waals surface area contributed by atoms with E-state index in [-0.39, 0.29) is 17.4 Å². The average Bonchev–Trinajstić information content (AvgIpc) is 2.28. The Morgan fingerprint density at radius 1 is 1.16 bits per heavy atom. The first kappa shape index (κ1) is 15.7. The first-order valence-corrected chi connectivity index (χ1v) is 6.62. The van der Waals surface area contributed by atoms with Gasteiger partial charge in [0.25, 0.3) is 0 Å². The summed E-state index contributed by atoms with van der Waals surface area (Å²) in [6, 6.07) is 7.87. The van der Waals surface area contributed by atoms with Crippen molar-refractivity contribution in [3.63, 3.8) is 0 Å². The molecule has 106 valence electrons. The van der Waals surface area contributed by atoms with Gasteiger partial charge in [0.15, 0.2) is 0 Å². The van der Waals surface area contributed by atoms with Crippen LogP contribution < -0.4 is 0 Å². The number of hydrogen-bond donors (Lipinski definition) is 2. The lowest BCUT2D eigenvalue weighted by Crippen LogP contribution is -2.25. The van der Waals surface area contributed by atoms with E-state index >= 15 is 0 Å². The van der Waals surface area contributed by atoms with Crippen LogP contribution in [0.5, 0.6) is 0 Å². The molecule has 0 atom stereocenters. The normalized spacial score (nSPS) is 13.7. The smallest absolute Gasteiger partial charge is 0.112 e. The van der Waals surface area contributed by atoms with Crippen LogP contribution in [0, 0.1) is 5.41 Å². The molecule has 2 N–H and O–H groups in total. The van der Waals surface area contributed by atoms with Gasteiger partial charge in [-0.1, -0.05) is 58.0 Å². The maximum atomic E-state index is 9.17. The fraction of sp³-hybridized carbons (Fsp3) is 0.562. The molecule has 0 fully saturated rings. The van der Waals surface area contributed by atoms with Gasteiger partial charge in [-0.2, -0.15) is 0 Å². The van der Waals surface area contributed by atoms with E-state index in [4.69, 9.17) is 10.3 Å². The highest BCUT2D eigenvalue weighted by Gasteiger charge is 2.27. The lowest BCUT2D eigenvalue weighted by Gasteiger charge is -2.33. The second-order valence-corrected chi connectivity index (χ2v) is 6.91. The molecule has 0 saturated heterocycles. The number of oxime groups is 1. The molecule has 0 aliphatic heterocycles. The number of aliphatic hydroxyl groups excluding tert-OH is 1. The van der Waals surface area contributed by atoms with Crippen molar-refractivity contribution < 1.29 is 10.3 Å². The SMILES string of the molecule is CC(C)(C)CC(C)(C)c1cccc(C(CO)=NO)c1. The zero-order chi connectivity index (χ0) is 14.7. The fourth-order valence-corrected chi connectivity index (χ4v) is 2.73. The zero-order valence-electron chi connectivity index (χ0n) is 12.6. The fourth-order valence-electron chi connectivity index (χ4n) is 2.73. The Kier molecular flexibility index (Phi) is 4.75. The molecule has 0 amide bonds. The van der Waals surface area contributed by atoms with E-state index in [1.54, 1.807) is 0 Å². The topological polar surface area (TPSA) is 52.8 Å². The highest BCUT2D eigenvalue weighted by molar-refractivity contribution is 6.01. The summed E-state index contributed by atoms with van der Waals surface area (Å²) >= 11 is 0. The van der Waals surface area contributed by atoms with E-state index in [1.807, 2.05) is 18.2 Å². The van der Waals surface area contributed by atoms with Crippen molar-refractivity contribution in [1.82, 2.24) is 0 Å². The third-order valence-electron chi connectivity index (χ3n) is 3.22. The molecule has 0 aromatic heterocycles. The van der Waals surface area contributed by atoms with Gasteiger partial charge in [-0.3, -0.25) is 0 Å². The van der Waals surface area contributed by atoms with E-state index in [0.717, 1.165) is 12.0 Å². The molecular weight excluding hydrogens is 238 g/mol. The van der Waals surface area contributed by atoms with Gasteiger partial charge in [0.05, 0.1) is 6.61 Å². The Bertz CT molecular complexity index is 456. The van der Waals surface area contributed by atoms with Crippen LogP contribution in [0.3, 0.4) is 0 Å². The molecule has 0 saturated carbocycles. The second kappa shape index (κ2) is 5.74. The Hall–Kier alpha value is -1.35. The van der Waals surface area contributed by atoms with E-state index < -0.39 is 0 Å². The maximum Gasteiger partial charge on any atom is 0.112 e. The summed E-state index contributed by atoms with van der Waals surface area (Å²) < 4.78 is 0. The predicted molar refractivity (Wildman–Crippen MR) is 78.9 cm³/mol. The van der Waals surface area contributed by atoms with Gasteiger partial charge in [-0.05, 0) is 28.9 Å². The molecule has 0 aliphatic carbocycles. The Morgan fingerprint density at radius 2 is 1.79 bits per heavy atom. The van der Waals surface area contributed by atoms with Gasteiger partial charge in [0.1, 0.15) is 5.71 Å². The monoisotopic (exact) mass is 263 g/mol. The average molecular weight is 263 g/mol. The van der Waals surface area contributed by atoms with E-state index in [0.29, 0.717) is 5.71 Å². The quantitative estimate of drug-likeness (QED) is 0.495. The standard InChI is InChI=1S/C16H25NO2/c1-15(2,3)11-16(4,5)13-8-6-7-12(9-13)14(10-18)17-19/h6-9,18-19H,10-11H2,1-5H3. The van der Waals surface area contributed by atoms with Crippen LogP contribution >= 0.6 is 0 Å². The summed E-state index contributed by atoms with van der Waals surface area (Å²) in [6.07, 6.45) is 1.05. The van der Waals surface area contributed by atoms with Gasteiger partial charge in [0, 0.05) is 5.56 Å². The summed E-state index contributed by atoms with van der Waals surface area (Å²) in [4.78, 5) is 0. The summed E-state index contributed by atoms with van der Waals surface area (Å²) in [7, 11) is 0. The van der Waals surface area contributed by atoms with E-state index in [9.17, 15) is 0 Å². The number of aliphatic hydroxyl groups is 1. The first-order valence-electron chi connectivity index (χ1n) is 6.62. The van der Waals surface area contributed by atoms with Crippen LogP contribution in [-0.4, -0.2) is 22.6 Å². The molecule has 1 aromatic rings. The van der Waals surface area contributed by atoms with Gasteiger partial charge in [-0.25, -0.2) is 0 Å². The maximum absolute atomic E-state index is 9.17. The highest BCUT2D eigenvalue weighted by Crippen LogP contribution is 2.36. The number of hydrogen-bond acceptors (Lipinski definition) is 3. The third kappa shape index (κ3) is 4.35. The van der Waals surface area contributed by atoms with Crippen LogP contribution in [0.25, 0.3) is 0 Å². The van der Waals surface area contributed by atoms with Crippen LogP contribution in [0.1, 0.15) is 52.2 Å². The summed E-state index contributed by atoms with van der Waals surface area (Å²) in [5.74, 6) is 0. The summed E-state index contributed by atoms with van der Waals surface area (Å²) in [6.45, 7) is 10.9. The Balaban J connectivity index is 3.11. The van der Waals surface area contributed by atoms with Crippen LogP contribution in [0.15, 0.2) is 29.4 Å². The van der Waals surface area contributed by atoms with Crippen molar-refractivity contribution in [2.45, 2.75) is 46.5 Å².